The summed E-state index contributed by atoms with van der Waals surface area (Å²) in [5.41, 5.74) is 2.50. The van der Waals surface area contributed by atoms with Crippen molar-refractivity contribution < 1.29 is 4.74 Å². The molecule has 0 saturated carbocycles. The van der Waals surface area contributed by atoms with Gasteiger partial charge >= 0.3 is 0 Å². The van der Waals surface area contributed by atoms with Crippen LogP contribution in [0, 0.1) is 6.92 Å². The smallest absolute Gasteiger partial charge is 0.131 e. The van der Waals surface area contributed by atoms with Crippen LogP contribution >= 0.6 is 0 Å². The summed E-state index contributed by atoms with van der Waals surface area (Å²) in [5.74, 6) is 1.11. The zero-order valence-corrected chi connectivity index (χ0v) is 13.1. The van der Waals surface area contributed by atoms with Crippen molar-refractivity contribution in [1.82, 2.24) is 10.3 Å². The summed E-state index contributed by atoms with van der Waals surface area (Å²) < 4.78 is 5.70. The fourth-order valence-corrected chi connectivity index (χ4v) is 2.56. The first kappa shape index (κ1) is 15.3. The Balaban J connectivity index is 2.08. The lowest BCUT2D eigenvalue weighted by Crippen LogP contribution is -2.31. The second kappa shape index (κ2) is 7.04. The van der Waals surface area contributed by atoms with Crippen molar-refractivity contribution in [1.29, 1.82) is 0 Å². The molecule has 0 aliphatic carbocycles. The minimum absolute atomic E-state index is 0.279. The topological polar surface area (TPSA) is 37.4 Å². The number of nitrogens with zero attached hydrogens (tertiary/aromatic N) is 2. The number of nitrogens with one attached hydrogen (secondary N) is 1. The molecule has 1 aromatic heterocycles. The van der Waals surface area contributed by atoms with Crippen LogP contribution in [0.3, 0.4) is 0 Å². The van der Waals surface area contributed by atoms with Crippen molar-refractivity contribution in [3.8, 4) is 0 Å². The molecule has 0 amide bonds. The van der Waals surface area contributed by atoms with E-state index in [0.29, 0.717) is 6.04 Å². The summed E-state index contributed by atoms with van der Waals surface area (Å²) in [6.45, 7) is 12.3. The molecule has 1 aliphatic rings. The second-order valence-corrected chi connectivity index (χ2v) is 6.00. The molecular formula is C16H27N3O. The number of ether oxygens (including phenoxy) is 1. The number of pyridine rings is 1. The first-order valence-corrected chi connectivity index (χ1v) is 7.61. The molecule has 1 aliphatic heterocycles. The van der Waals surface area contributed by atoms with E-state index in [-0.39, 0.29) is 6.10 Å². The SMILES string of the molecule is Cc1cc(CNC(C)C)cnc1N1CCCOC(C)C1. The molecule has 20 heavy (non-hydrogen) atoms. The highest BCUT2D eigenvalue weighted by Gasteiger charge is 2.18. The lowest BCUT2D eigenvalue weighted by atomic mass is 10.1. The fourth-order valence-electron chi connectivity index (χ4n) is 2.56. The lowest BCUT2D eigenvalue weighted by molar-refractivity contribution is 0.0820. The van der Waals surface area contributed by atoms with Gasteiger partial charge in [-0.25, -0.2) is 4.98 Å². The third kappa shape index (κ3) is 4.18. The van der Waals surface area contributed by atoms with Gasteiger partial charge in [-0.3, -0.25) is 0 Å². The van der Waals surface area contributed by atoms with Crippen molar-refractivity contribution in [2.75, 3.05) is 24.6 Å². The normalized spacial score (nSPS) is 20.2. The number of aryl methyl sites for hydroxylation is 1. The van der Waals surface area contributed by atoms with Crippen LogP contribution in [0.15, 0.2) is 12.3 Å². The van der Waals surface area contributed by atoms with E-state index in [4.69, 9.17) is 4.74 Å². The van der Waals surface area contributed by atoms with Gasteiger partial charge < -0.3 is 15.0 Å². The predicted molar refractivity (Wildman–Crippen MR) is 83.2 cm³/mol. The van der Waals surface area contributed by atoms with E-state index in [1.54, 1.807) is 0 Å². The maximum absolute atomic E-state index is 5.70. The Labute approximate surface area is 122 Å². The first-order chi connectivity index (χ1) is 9.56. The van der Waals surface area contributed by atoms with Crippen molar-refractivity contribution in [2.24, 2.45) is 0 Å². The van der Waals surface area contributed by atoms with E-state index >= 15 is 0 Å². The van der Waals surface area contributed by atoms with Crippen molar-refractivity contribution in [3.05, 3.63) is 23.4 Å². The monoisotopic (exact) mass is 277 g/mol. The van der Waals surface area contributed by atoms with Gasteiger partial charge in [-0.05, 0) is 37.5 Å². The zero-order valence-electron chi connectivity index (χ0n) is 13.1. The van der Waals surface area contributed by atoms with Crippen LogP contribution < -0.4 is 10.2 Å². The molecule has 112 valence electrons. The Hall–Kier alpha value is -1.13. The Bertz CT molecular complexity index is 434. The predicted octanol–water partition coefficient (Wildman–Crippen LogP) is 2.50. The number of hydrogen-bond donors (Lipinski definition) is 1. The molecule has 0 spiro atoms. The molecule has 1 aromatic rings. The van der Waals surface area contributed by atoms with Crippen LogP contribution in [0.2, 0.25) is 0 Å². The van der Waals surface area contributed by atoms with Gasteiger partial charge in [0.15, 0.2) is 0 Å². The molecular weight excluding hydrogens is 250 g/mol. The van der Waals surface area contributed by atoms with E-state index < -0.39 is 0 Å². The fraction of sp³-hybridized carbons (Fsp3) is 0.688. The summed E-state index contributed by atoms with van der Waals surface area (Å²) in [6, 6.07) is 2.74. The average molecular weight is 277 g/mol. The number of hydrogen-bond acceptors (Lipinski definition) is 4. The van der Waals surface area contributed by atoms with Gasteiger partial charge in [0.2, 0.25) is 0 Å². The minimum atomic E-state index is 0.279. The molecule has 1 atom stereocenters. The highest BCUT2D eigenvalue weighted by Crippen LogP contribution is 2.20. The molecule has 1 unspecified atom stereocenters. The Morgan fingerprint density at radius 3 is 3.00 bits per heavy atom. The van der Waals surface area contributed by atoms with Gasteiger partial charge in [-0.1, -0.05) is 13.8 Å². The van der Waals surface area contributed by atoms with E-state index in [9.17, 15) is 0 Å². The number of rotatable bonds is 4. The zero-order chi connectivity index (χ0) is 14.5. The third-order valence-electron chi connectivity index (χ3n) is 3.57. The van der Waals surface area contributed by atoms with Crippen molar-refractivity contribution in [2.45, 2.75) is 52.8 Å². The summed E-state index contributed by atoms with van der Waals surface area (Å²) in [5, 5.41) is 3.43. The second-order valence-electron chi connectivity index (χ2n) is 6.00. The van der Waals surface area contributed by atoms with Crippen LogP contribution in [-0.4, -0.2) is 36.8 Å². The molecule has 4 nitrogen and oxygen atoms in total. The van der Waals surface area contributed by atoms with Gasteiger partial charge in [-0.15, -0.1) is 0 Å². The molecule has 0 aromatic carbocycles. The summed E-state index contributed by atoms with van der Waals surface area (Å²) in [7, 11) is 0. The van der Waals surface area contributed by atoms with E-state index in [1.807, 2.05) is 6.20 Å². The van der Waals surface area contributed by atoms with E-state index in [2.05, 4.69) is 49.0 Å². The minimum Gasteiger partial charge on any atom is -0.377 e. The standard InChI is InChI=1S/C16H27N3O/c1-12(2)17-9-15-8-13(3)16(18-10-15)19-6-5-7-20-14(4)11-19/h8,10,12,14,17H,5-7,9,11H2,1-4H3. The van der Waals surface area contributed by atoms with Crippen LogP contribution in [0.25, 0.3) is 0 Å². The Kier molecular flexibility index (Phi) is 5.38. The molecule has 2 heterocycles. The summed E-state index contributed by atoms with van der Waals surface area (Å²) in [6.07, 6.45) is 3.34. The van der Waals surface area contributed by atoms with Crippen LogP contribution in [0.1, 0.15) is 38.3 Å². The average Bonchev–Trinajstić information content (AvgIpc) is 2.61. The van der Waals surface area contributed by atoms with Gasteiger partial charge in [0.25, 0.3) is 0 Å². The largest absolute Gasteiger partial charge is 0.377 e. The van der Waals surface area contributed by atoms with Crippen LogP contribution in [0.4, 0.5) is 5.82 Å². The highest BCUT2D eigenvalue weighted by molar-refractivity contribution is 5.47. The molecule has 0 bridgehead atoms. The van der Waals surface area contributed by atoms with Gasteiger partial charge in [0.05, 0.1) is 6.10 Å². The van der Waals surface area contributed by atoms with Crippen molar-refractivity contribution >= 4 is 5.82 Å². The third-order valence-corrected chi connectivity index (χ3v) is 3.57. The molecule has 1 saturated heterocycles. The Morgan fingerprint density at radius 1 is 1.50 bits per heavy atom. The van der Waals surface area contributed by atoms with Gasteiger partial charge in [0, 0.05) is 38.5 Å². The van der Waals surface area contributed by atoms with E-state index in [1.165, 1.54) is 11.1 Å². The highest BCUT2D eigenvalue weighted by atomic mass is 16.5. The van der Waals surface area contributed by atoms with Crippen molar-refractivity contribution in [3.63, 3.8) is 0 Å². The molecule has 1 N–H and O–H groups in total. The number of anilines is 1. The van der Waals surface area contributed by atoms with Gasteiger partial charge in [-0.2, -0.15) is 0 Å². The maximum Gasteiger partial charge on any atom is 0.131 e. The lowest BCUT2D eigenvalue weighted by Gasteiger charge is -2.25. The maximum atomic E-state index is 5.70. The summed E-state index contributed by atoms with van der Waals surface area (Å²) >= 11 is 0. The van der Waals surface area contributed by atoms with Crippen LogP contribution in [0.5, 0.6) is 0 Å². The summed E-state index contributed by atoms with van der Waals surface area (Å²) in [4.78, 5) is 7.04. The molecule has 4 heteroatoms. The quantitative estimate of drug-likeness (QED) is 0.917. The van der Waals surface area contributed by atoms with E-state index in [0.717, 1.165) is 38.5 Å². The Morgan fingerprint density at radius 2 is 2.30 bits per heavy atom. The first-order valence-electron chi connectivity index (χ1n) is 7.61. The molecule has 2 rings (SSSR count). The molecule has 1 fully saturated rings. The van der Waals surface area contributed by atoms with Crippen LogP contribution in [-0.2, 0) is 11.3 Å². The number of aromatic nitrogens is 1. The van der Waals surface area contributed by atoms with Gasteiger partial charge in [0.1, 0.15) is 5.82 Å². The molecule has 0 radical (unpaired) electrons.